The molecule has 1 aromatic heterocycles. The van der Waals surface area contributed by atoms with Crippen LogP contribution in [0, 0.1) is 13.8 Å². The van der Waals surface area contributed by atoms with E-state index in [1.807, 2.05) is 13.8 Å². The van der Waals surface area contributed by atoms with Crippen molar-refractivity contribution in [3.05, 3.63) is 49.4 Å². The van der Waals surface area contributed by atoms with E-state index in [2.05, 4.69) is 73.7 Å². The van der Waals surface area contributed by atoms with Crippen LogP contribution in [0.3, 0.4) is 0 Å². The lowest BCUT2D eigenvalue weighted by Crippen LogP contribution is -2.01. The predicted molar refractivity (Wildman–Crippen MR) is 156 cm³/mol. The van der Waals surface area contributed by atoms with E-state index in [1.54, 1.807) is 0 Å². The predicted octanol–water partition coefficient (Wildman–Crippen LogP) is 8.93. The van der Waals surface area contributed by atoms with Crippen LogP contribution in [0.15, 0.2) is 17.9 Å². The van der Waals surface area contributed by atoms with Crippen LogP contribution in [0.2, 0.25) is 20.1 Å². The number of ketones is 2. The molecule has 0 radical (unpaired) electrons. The van der Waals surface area contributed by atoms with Crippen molar-refractivity contribution in [1.82, 2.24) is 9.97 Å². The molecule has 184 valence electrons. The maximum absolute atomic E-state index is 9.79. The minimum Gasteiger partial charge on any atom is -0.396 e. The van der Waals surface area contributed by atoms with Crippen molar-refractivity contribution >= 4 is 144 Å². The van der Waals surface area contributed by atoms with E-state index in [0.717, 1.165) is 11.4 Å². The van der Waals surface area contributed by atoms with Gasteiger partial charge in [-0.3, -0.25) is 9.59 Å². The van der Waals surface area contributed by atoms with E-state index in [9.17, 15) is 9.59 Å². The fourth-order valence-electron chi connectivity index (χ4n) is 1.98. The van der Waals surface area contributed by atoms with Crippen LogP contribution >= 0.6 is 110 Å². The second-order valence-corrected chi connectivity index (χ2v) is 11.2. The van der Waals surface area contributed by atoms with Gasteiger partial charge in [0.15, 0.2) is 11.6 Å². The molecule has 34 heavy (non-hydrogen) atoms. The third-order valence-electron chi connectivity index (χ3n) is 4.14. The molecule has 4 N–H and O–H groups in total. The number of rotatable bonds is 1. The number of hydrogen-bond donors (Lipinski definition) is 2. The highest BCUT2D eigenvalue weighted by molar-refractivity contribution is 9.11. The highest BCUT2D eigenvalue weighted by Crippen LogP contribution is 2.44. The minimum absolute atomic E-state index is 0.357. The molecule has 6 nitrogen and oxygen atoms in total. The Balaban J connectivity index is 0.000000284. The monoisotopic (exact) mass is 800 g/mol. The Morgan fingerprint density at radius 3 is 1.09 bits per heavy atom. The third-order valence-corrected chi connectivity index (χ3v) is 9.95. The molecule has 0 amide bonds. The number of fused-ring (bicyclic) bond motifs is 1. The molecule has 0 saturated carbocycles. The molecular formula is C20H16Br4Cl4N4O2. The van der Waals surface area contributed by atoms with E-state index in [1.165, 1.54) is 13.8 Å². The van der Waals surface area contributed by atoms with E-state index in [4.69, 9.17) is 57.9 Å². The second-order valence-electron chi connectivity index (χ2n) is 6.54. The number of carbonyl (C=O) groups excluding carboxylic acids is 2. The zero-order valence-electron chi connectivity index (χ0n) is 17.9. The first kappa shape index (κ1) is 31.8. The van der Waals surface area contributed by atoms with Crippen LogP contribution in [-0.2, 0) is 9.59 Å². The van der Waals surface area contributed by atoms with Gasteiger partial charge in [-0.25, -0.2) is 9.97 Å². The number of nitrogens with two attached hydrogens (primary N) is 2. The minimum atomic E-state index is -0.380. The summed E-state index contributed by atoms with van der Waals surface area (Å²) >= 11 is 36.9. The van der Waals surface area contributed by atoms with Gasteiger partial charge in [0.25, 0.3) is 0 Å². The van der Waals surface area contributed by atoms with Crippen molar-refractivity contribution in [2.24, 2.45) is 0 Å². The van der Waals surface area contributed by atoms with Crippen LogP contribution in [0.4, 0.5) is 11.4 Å². The lowest BCUT2D eigenvalue weighted by molar-refractivity contribution is -0.134. The van der Waals surface area contributed by atoms with Crippen LogP contribution < -0.4 is 11.5 Å². The summed E-state index contributed by atoms with van der Waals surface area (Å²) in [5.41, 5.74) is 15.2. The summed E-state index contributed by atoms with van der Waals surface area (Å²) in [4.78, 5) is 28.5. The number of hydrogen-bond acceptors (Lipinski definition) is 6. The topological polar surface area (TPSA) is 112 Å². The van der Waals surface area contributed by atoms with E-state index in [0.29, 0.717) is 60.4 Å². The lowest BCUT2D eigenvalue weighted by Gasteiger charge is -2.09. The standard InChI is InChI=1S/C10H6Br2Cl2N2.C6H4Br2Cl2N2.C4H6O2/c1-3-4(2)16-10-6(12)8(14)7(13)5(11)9(10)15-3;7-1-3(9)4(10)2(8)6(12)5(1)11;1-3(5)4(2)6/h1-2H3;11-12H2;1-2H3. The average Bonchev–Trinajstić information content (AvgIpc) is 2.79. The van der Waals surface area contributed by atoms with Crippen LogP contribution in [0.1, 0.15) is 25.2 Å². The van der Waals surface area contributed by atoms with Gasteiger partial charge < -0.3 is 11.5 Å². The molecule has 3 rings (SSSR count). The Kier molecular flexibility index (Phi) is 12.5. The smallest absolute Gasteiger partial charge is 0.195 e. The SMILES string of the molecule is CC(=O)C(C)=O.Cc1nc2c(Br)c(Cl)c(Cl)c(Br)c2nc1C.Nc1c(N)c(Br)c(Cl)c(Cl)c1Br. The molecule has 0 unspecified atom stereocenters. The number of nitrogens with zero attached hydrogens (tertiary/aromatic N) is 2. The molecule has 1 heterocycles. The van der Waals surface area contributed by atoms with Crippen molar-refractivity contribution in [2.75, 3.05) is 11.5 Å². The van der Waals surface area contributed by atoms with Gasteiger partial charge >= 0.3 is 0 Å². The summed E-state index contributed by atoms with van der Waals surface area (Å²) in [6.45, 7) is 6.32. The summed E-state index contributed by atoms with van der Waals surface area (Å²) in [7, 11) is 0. The van der Waals surface area contributed by atoms with Crippen LogP contribution in [-0.4, -0.2) is 21.5 Å². The van der Waals surface area contributed by atoms with Crippen LogP contribution in [0.5, 0.6) is 0 Å². The Hall–Kier alpha value is -0.200. The molecule has 2 aromatic carbocycles. The molecule has 0 aliphatic heterocycles. The summed E-state index contributed by atoms with van der Waals surface area (Å²) in [5, 5.41) is 1.60. The quantitative estimate of drug-likeness (QED) is 0.110. The third kappa shape index (κ3) is 7.41. The van der Waals surface area contributed by atoms with Crippen molar-refractivity contribution in [3.8, 4) is 0 Å². The van der Waals surface area contributed by atoms with Gasteiger partial charge in [-0.15, -0.1) is 0 Å². The molecule has 0 fully saturated rings. The van der Waals surface area contributed by atoms with Gasteiger partial charge in [-0.1, -0.05) is 46.4 Å². The maximum Gasteiger partial charge on any atom is 0.195 e. The summed E-state index contributed by atoms with van der Waals surface area (Å²) in [6, 6.07) is 0. The number of Topliss-reactive ketones (excluding diaryl/α,β-unsaturated/α-hetero) is 2. The molecule has 0 aliphatic rings. The zero-order valence-corrected chi connectivity index (χ0v) is 27.3. The summed E-state index contributed by atoms with van der Waals surface area (Å²) in [5.74, 6) is -0.759. The Morgan fingerprint density at radius 2 is 0.853 bits per heavy atom. The number of nitrogen functional groups attached to an aromatic ring is 2. The lowest BCUT2D eigenvalue weighted by atomic mass is 10.2. The van der Waals surface area contributed by atoms with E-state index >= 15 is 0 Å². The average molecular weight is 806 g/mol. The maximum atomic E-state index is 9.79. The van der Waals surface area contributed by atoms with E-state index in [-0.39, 0.29) is 11.6 Å². The molecule has 0 aliphatic carbocycles. The molecule has 0 saturated heterocycles. The number of carbonyl (C=O) groups is 2. The largest absolute Gasteiger partial charge is 0.396 e. The van der Waals surface area contributed by atoms with Gasteiger partial charge in [0.1, 0.15) is 11.0 Å². The van der Waals surface area contributed by atoms with Crippen molar-refractivity contribution < 1.29 is 9.59 Å². The van der Waals surface area contributed by atoms with Gasteiger partial charge in [-0.05, 0) is 77.6 Å². The second kappa shape index (κ2) is 13.4. The Morgan fingerprint density at radius 1 is 0.618 bits per heavy atom. The highest BCUT2D eigenvalue weighted by atomic mass is 79.9. The number of aromatic nitrogens is 2. The van der Waals surface area contributed by atoms with E-state index < -0.39 is 0 Å². The van der Waals surface area contributed by atoms with Crippen molar-refractivity contribution in [3.63, 3.8) is 0 Å². The van der Waals surface area contributed by atoms with Gasteiger partial charge in [0.2, 0.25) is 0 Å². The molecule has 14 heteroatoms. The van der Waals surface area contributed by atoms with Crippen molar-refractivity contribution in [2.45, 2.75) is 27.7 Å². The zero-order chi connectivity index (χ0) is 26.7. The molecule has 0 spiro atoms. The normalized spacial score (nSPS) is 10.2. The fraction of sp³-hybridized carbons (Fsp3) is 0.200. The fourth-order valence-corrected chi connectivity index (χ4v) is 4.97. The Bertz CT molecular complexity index is 1140. The molecular weight excluding hydrogens is 790 g/mol. The van der Waals surface area contributed by atoms with Gasteiger partial charge in [-0.2, -0.15) is 0 Å². The number of anilines is 2. The molecule has 0 bridgehead atoms. The first-order valence-electron chi connectivity index (χ1n) is 8.89. The van der Waals surface area contributed by atoms with Crippen molar-refractivity contribution in [1.29, 1.82) is 0 Å². The number of benzene rings is 2. The van der Waals surface area contributed by atoms with Gasteiger partial charge in [0.05, 0.1) is 60.7 Å². The van der Waals surface area contributed by atoms with Crippen LogP contribution in [0.25, 0.3) is 11.0 Å². The highest BCUT2D eigenvalue weighted by Gasteiger charge is 2.17. The molecule has 0 atom stereocenters. The molecule has 3 aromatic rings. The first-order valence-corrected chi connectivity index (χ1v) is 13.6. The summed E-state index contributed by atoms with van der Waals surface area (Å²) in [6.07, 6.45) is 0. The summed E-state index contributed by atoms with van der Waals surface area (Å²) < 4.78 is 2.39. The number of aryl methyl sites for hydroxylation is 2. The first-order chi connectivity index (χ1) is 15.5. The number of halogens is 8. The Labute approximate surface area is 249 Å². The van der Waals surface area contributed by atoms with Gasteiger partial charge in [0, 0.05) is 13.8 Å².